The number of amides is 1. The highest BCUT2D eigenvalue weighted by molar-refractivity contribution is 6.46. The number of hydrogen-bond donors (Lipinski definition) is 1. The molecule has 1 amide bonds. The fraction of sp³-hybridized carbons (Fsp3) is 0.429. The first kappa shape index (κ1) is 25.6. The van der Waals surface area contributed by atoms with E-state index in [4.69, 9.17) is 14.2 Å². The van der Waals surface area contributed by atoms with Crippen LogP contribution in [0.4, 0.5) is 0 Å². The van der Waals surface area contributed by atoms with Crippen molar-refractivity contribution in [1.29, 1.82) is 0 Å². The lowest BCUT2D eigenvalue weighted by molar-refractivity contribution is -0.140. The van der Waals surface area contributed by atoms with E-state index >= 15 is 0 Å². The Morgan fingerprint density at radius 3 is 2.39 bits per heavy atom. The number of ketones is 1. The maximum atomic E-state index is 13.3. The first-order chi connectivity index (χ1) is 17.5. The molecule has 8 nitrogen and oxygen atoms in total. The molecule has 4 rings (SSSR count). The number of Topliss-reactive ketones (excluding diaryl/α,β-unsaturated/α-hetero) is 1. The molecule has 1 atom stereocenters. The van der Waals surface area contributed by atoms with E-state index in [1.54, 1.807) is 23.1 Å². The van der Waals surface area contributed by atoms with Crippen LogP contribution in [0.3, 0.4) is 0 Å². The zero-order chi connectivity index (χ0) is 25.7. The van der Waals surface area contributed by atoms with Crippen molar-refractivity contribution in [3.63, 3.8) is 0 Å². The van der Waals surface area contributed by atoms with Crippen LogP contribution in [0.2, 0.25) is 0 Å². The van der Waals surface area contributed by atoms with E-state index < -0.39 is 17.7 Å². The Morgan fingerprint density at radius 1 is 1.03 bits per heavy atom. The minimum absolute atomic E-state index is 0.0680. The highest BCUT2D eigenvalue weighted by atomic mass is 16.6. The Labute approximate surface area is 212 Å². The molecule has 0 spiro atoms. The van der Waals surface area contributed by atoms with Crippen LogP contribution in [0.25, 0.3) is 5.76 Å². The number of likely N-dealkylation sites (tertiary alicyclic amines) is 1. The average molecular weight is 495 g/mol. The Bertz CT molecular complexity index is 1120. The maximum absolute atomic E-state index is 13.3. The third-order valence-electron chi connectivity index (χ3n) is 6.58. The first-order valence-electron chi connectivity index (χ1n) is 12.6. The molecule has 0 aliphatic carbocycles. The molecule has 8 heteroatoms. The van der Waals surface area contributed by atoms with Crippen LogP contribution in [0.5, 0.6) is 17.2 Å². The molecule has 0 saturated carbocycles. The van der Waals surface area contributed by atoms with Gasteiger partial charge >= 0.3 is 0 Å². The van der Waals surface area contributed by atoms with E-state index in [1.165, 1.54) is 0 Å². The first-order valence-corrected chi connectivity index (χ1v) is 12.6. The van der Waals surface area contributed by atoms with E-state index in [1.807, 2.05) is 31.2 Å². The second-order valence-corrected chi connectivity index (χ2v) is 8.80. The van der Waals surface area contributed by atoms with Crippen molar-refractivity contribution >= 4 is 17.4 Å². The van der Waals surface area contributed by atoms with Crippen molar-refractivity contribution in [2.45, 2.75) is 33.2 Å². The monoisotopic (exact) mass is 494 g/mol. The summed E-state index contributed by atoms with van der Waals surface area (Å²) in [7, 11) is 0. The Hall–Kier alpha value is -3.52. The summed E-state index contributed by atoms with van der Waals surface area (Å²) in [6.45, 7) is 10.3. The highest BCUT2D eigenvalue weighted by Crippen LogP contribution is 2.41. The molecular formula is C28H34N2O6. The zero-order valence-corrected chi connectivity index (χ0v) is 21.2. The fourth-order valence-electron chi connectivity index (χ4n) is 4.56. The van der Waals surface area contributed by atoms with Crippen LogP contribution in [-0.4, -0.2) is 72.6 Å². The van der Waals surface area contributed by atoms with Crippen LogP contribution in [-0.2, 0) is 9.59 Å². The molecule has 2 aliphatic rings. The predicted octanol–water partition coefficient (Wildman–Crippen LogP) is 4.01. The minimum atomic E-state index is -0.714. The lowest BCUT2D eigenvalue weighted by Crippen LogP contribution is -2.38. The lowest BCUT2D eigenvalue weighted by Gasteiger charge is -2.28. The summed E-state index contributed by atoms with van der Waals surface area (Å²) in [5, 5.41) is 11.3. The maximum Gasteiger partial charge on any atom is 0.295 e. The number of ether oxygens (including phenoxy) is 3. The van der Waals surface area contributed by atoms with Crippen molar-refractivity contribution in [2.75, 3.05) is 46.0 Å². The molecule has 2 aromatic carbocycles. The number of carbonyl (C=O) groups excluding carboxylic acids is 2. The summed E-state index contributed by atoms with van der Waals surface area (Å²) < 4.78 is 16.9. The number of rotatable bonds is 10. The van der Waals surface area contributed by atoms with Crippen LogP contribution in [0.1, 0.15) is 44.4 Å². The summed E-state index contributed by atoms with van der Waals surface area (Å²) in [5.41, 5.74) is 1.20. The van der Waals surface area contributed by atoms with Gasteiger partial charge in [0.05, 0.1) is 18.2 Å². The molecule has 1 unspecified atom stereocenters. The quantitative estimate of drug-likeness (QED) is 0.303. The van der Waals surface area contributed by atoms with Gasteiger partial charge in [-0.1, -0.05) is 32.9 Å². The number of likely N-dealkylation sites (N-methyl/N-ethyl adjacent to an activating group) is 1. The third kappa shape index (κ3) is 5.18. The topological polar surface area (TPSA) is 88.5 Å². The number of aliphatic hydroxyl groups excluding tert-OH is 1. The third-order valence-corrected chi connectivity index (χ3v) is 6.58. The van der Waals surface area contributed by atoms with Gasteiger partial charge < -0.3 is 29.1 Å². The second kappa shape index (κ2) is 11.5. The van der Waals surface area contributed by atoms with E-state index in [0.717, 1.165) is 25.1 Å². The summed E-state index contributed by atoms with van der Waals surface area (Å²) in [4.78, 5) is 30.3. The predicted molar refractivity (Wildman–Crippen MR) is 136 cm³/mol. The smallest absolute Gasteiger partial charge is 0.295 e. The van der Waals surface area contributed by atoms with Gasteiger partial charge in [0.15, 0.2) is 11.5 Å². The second-order valence-electron chi connectivity index (χ2n) is 8.80. The standard InChI is InChI=1S/C28H34N2O6/c1-4-15-34-21-10-7-19(8-11-21)25-24(27(32)28(33)30(25)14-13-29(5-2)6-3)26(31)20-9-12-22-23(18-20)36-17-16-35-22/h7-12,18,25,31H,4-6,13-17H2,1-3H3/b26-24+. The lowest BCUT2D eigenvalue weighted by atomic mass is 9.95. The molecule has 192 valence electrons. The van der Waals surface area contributed by atoms with Gasteiger partial charge in [-0.2, -0.15) is 0 Å². The Morgan fingerprint density at radius 2 is 1.72 bits per heavy atom. The summed E-state index contributed by atoms with van der Waals surface area (Å²) in [6.07, 6.45) is 0.892. The molecule has 1 saturated heterocycles. The molecule has 0 aromatic heterocycles. The summed E-state index contributed by atoms with van der Waals surface area (Å²) in [6, 6.07) is 11.7. The van der Waals surface area contributed by atoms with E-state index in [9.17, 15) is 14.7 Å². The molecule has 0 bridgehead atoms. The Kier molecular flexibility index (Phi) is 8.15. The fourth-order valence-corrected chi connectivity index (χ4v) is 4.56. The zero-order valence-electron chi connectivity index (χ0n) is 21.2. The van der Waals surface area contributed by atoms with Crippen LogP contribution >= 0.6 is 0 Å². The minimum Gasteiger partial charge on any atom is -0.507 e. The largest absolute Gasteiger partial charge is 0.507 e. The number of carbonyl (C=O) groups is 2. The van der Waals surface area contributed by atoms with Crippen molar-refractivity contribution < 1.29 is 28.9 Å². The van der Waals surface area contributed by atoms with Crippen molar-refractivity contribution in [2.24, 2.45) is 0 Å². The molecule has 36 heavy (non-hydrogen) atoms. The van der Waals surface area contributed by atoms with Gasteiger partial charge in [0.2, 0.25) is 0 Å². The van der Waals surface area contributed by atoms with Crippen molar-refractivity contribution in [3.8, 4) is 17.2 Å². The number of benzene rings is 2. The van der Waals surface area contributed by atoms with Crippen molar-refractivity contribution in [1.82, 2.24) is 9.80 Å². The normalized spacial score (nSPS) is 18.7. The van der Waals surface area contributed by atoms with E-state index in [-0.39, 0.29) is 11.3 Å². The van der Waals surface area contributed by atoms with Gasteiger partial charge in [0.25, 0.3) is 11.7 Å². The van der Waals surface area contributed by atoms with Crippen molar-refractivity contribution in [3.05, 3.63) is 59.2 Å². The highest BCUT2D eigenvalue weighted by Gasteiger charge is 2.46. The molecule has 0 radical (unpaired) electrons. The number of nitrogens with zero attached hydrogens (tertiary/aromatic N) is 2. The number of fused-ring (bicyclic) bond motifs is 1. The van der Waals surface area contributed by atoms with Gasteiger partial charge in [0, 0.05) is 18.7 Å². The molecular weight excluding hydrogens is 460 g/mol. The van der Waals surface area contributed by atoms with Crippen LogP contribution in [0.15, 0.2) is 48.0 Å². The van der Waals surface area contributed by atoms with Gasteiger partial charge in [-0.3, -0.25) is 9.59 Å². The molecule has 2 heterocycles. The van der Waals surface area contributed by atoms with Gasteiger partial charge in [-0.25, -0.2) is 0 Å². The molecule has 2 aromatic rings. The van der Waals surface area contributed by atoms with Gasteiger partial charge in [-0.05, 0) is 55.4 Å². The summed E-state index contributed by atoms with van der Waals surface area (Å²) >= 11 is 0. The SMILES string of the molecule is CCCOc1ccc(C2/C(=C(\O)c3ccc4c(c3)OCCO4)C(=O)C(=O)N2CCN(CC)CC)cc1. The van der Waals surface area contributed by atoms with E-state index in [0.29, 0.717) is 55.7 Å². The average Bonchev–Trinajstić information content (AvgIpc) is 3.17. The molecule has 1 fully saturated rings. The van der Waals surface area contributed by atoms with Gasteiger partial charge in [-0.15, -0.1) is 0 Å². The molecule has 1 N–H and O–H groups in total. The number of hydrogen-bond acceptors (Lipinski definition) is 7. The van der Waals surface area contributed by atoms with Gasteiger partial charge in [0.1, 0.15) is 24.7 Å². The number of aliphatic hydroxyl groups is 1. The van der Waals surface area contributed by atoms with E-state index in [2.05, 4.69) is 18.7 Å². The molecule has 2 aliphatic heterocycles. The van der Waals surface area contributed by atoms with Crippen LogP contribution in [0, 0.1) is 0 Å². The Balaban J connectivity index is 1.75. The van der Waals surface area contributed by atoms with Crippen LogP contribution < -0.4 is 14.2 Å². The summed E-state index contributed by atoms with van der Waals surface area (Å²) in [5.74, 6) is 0.252.